The molecule has 2 aliphatic carbocycles. The standard InChI is InChI=1S/C15H19N/c1-11-4-2-3-5-15(11)16-10-14-9-12-6-7-13(14)8-12/h2-7,12-14,16H,8-10H2,1H3. The number of nitrogens with one attached hydrogen (secondary N) is 1. The van der Waals surface area contributed by atoms with E-state index in [-0.39, 0.29) is 0 Å². The van der Waals surface area contributed by atoms with Crippen molar-refractivity contribution in [2.45, 2.75) is 19.8 Å². The molecule has 1 heteroatoms. The lowest BCUT2D eigenvalue weighted by Crippen LogP contribution is -2.18. The SMILES string of the molecule is Cc1ccccc1NCC1CC2C=CC1C2. The van der Waals surface area contributed by atoms with E-state index in [1.54, 1.807) is 0 Å². The van der Waals surface area contributed by atoms with Crippen LogP contribution in [0.3, 0.4) is 0 Å². The predicted molar refractivity (Wildman–Crippen MR) is 68.5 cm³/mol. The van der Waals surface area contributed by atoms with Crippen LogP contribution in [-0.4, -0.2) is 6.54 Å². The molecule has 0 aliphatic heterocycles. The number of hydrogen-bond donors (Lipinski definition) is 1. The van der Waals surface area contributed by atoms with Crippen molar-refractivity contribution in [1.82, 2.24) is 0 Å². The summed E-state index contributed by atoms with van der Waals surface area (Å²) >= 11 is 0. The number of rotatable bonds is 3. The van der Waals surface area contributed by atoms with Gasteiger partial charge in [0.15, 0.2) is 0 Å². The monoisotopic (exact) mass is 213 g/mol. The zero-order valence-electron chi connectivity index (χ0n) is 9.82. The molecule has 0 heterocycles. The van der Waals surface area contributed by atoms with Crippen LogP contribution in [0, 0.1) is 24.7 Å². The zero-order valence-corrected chi connectivity index (χ0v) is 9.82. The van der Waals surface area contributed by atoms with Crippen molar-refractivity contribution in [1.29, 1.82) is 0 Å². The van der Waals surface area contributed by atoms with Gasteiger partial charge in [0.05, 0.1) is 0 Å². The Balaban J connectivity index is 1.61. The van der Waals surface area contributed by atoms with Crippen molar-refractivity contribution in [3.63, 3.8) is 0 Å². The lowest BCUT2D eigenvalue weighted by molar-refractivity contribution is 0.472. The second kappa shape index (κ2) is 3.97. The minimum Gasteiger partial charge on any atom is -0.385 e. The van der Waals surface area contributed by atoms with Crippen LogP contribution in [0.4, 0.5) is 5.69 Å². The molecule has 0 spiro atoms. The molecule has 16 heavy (non-hydrogen) atoms. The summed E-state index contributed by atoms with van der Waals surface area (Å²) in [6.45, 7) is 3.30. The van der Waals surface area contributed by atoms with Crippen LogP contribution in [-0.2, 0) is 0 Å². The van der Waals surface area contributed by atoms with Crippen molar-refractivity contribution in [2.24, 2.45) is 17.8 Å². The van der Waals surface area contributed by atoms with E-state index in [4.69, 9.17) is 0 Å². The third-order valence-electron chi connectivity index (χ3n) is 4.12. The number of allylic oxidation sites excluding steroid dienone is 2. The summed E-state index contributed by atoms with van der Waals surface area (Å²) in [7, 11) is 0. The molecule has 0 aromatic heterocycles. The molecule has 84 valence electrons. The topological polar surface area (TPSA) is 12.0 Å². The molecular formula is C15H19N. The van der Waals surface area contributed by atoms with Crippen molar-refractivity contribution in [2.75, 3.05) is 11.9 Å². The molecule has 3 rings (SSSR count). The fraction of sp³-hybridized carbons (Fsp3) is 0.467. The summed E-state index contributed by atoms with van der Waals surface area (Å²) in [5, 5.41) is 3.61. The fourth-order valence-corrected chi connectivity index (χ4v) is 3.14. The van der Waals surface area contributed by atoms with E-state index in [2.05, 4.69) is 48.7 Å². The third kappa shape index (κ3) is 1.75. The third-order valence-corrected chi connectivity index (χ3v) is 4.12. The Bertz CT molecular complexity index is 408. The first kappa shape index (κ1) is 9.95. The Morgan fingerprint density at radius 2 is 2.06 bits per heavy atom. The van der Waals surface area contributed by atoms with Crippen molar-refractivity contribution < 1.29 is 0 Å². The molecule has 1 aromatic carbocycles. The molecule has 1 aromatic rings. The predicted octanol–water partition coefficient (Wildman–Crippen LogP) is 3.62. The Morgan fingerprint density at radius 1 is 1.19 bits per heavy atom. The Morgan fingerprint density at radius 3 is 2.75 bits per heavy atom. The van der Waals surface area contributed by atoms with Gasteiger partial charge in [-0.2, -0.15) is 0 Å². The molecule has 0 amide bonds. The summed E-state index contributed by atoms with van der Waals surface area (Å²) in [6, 6.07) is 8.55. The first-order valence-electron chi connectivity index (χ1n) is 6.31. The summed E-state index contributed by atoms with van der Waals surface area (Å²) in [5.41, 5.74) is 2.65. The largest absolute Gasteiger partial charge is 0.385 e. The molecule has 0 radical (unpaired) electrons. The number of hydrogen-bond acceptors (Lipinski definition) is 1. The van der Waals surface area contributed by atoms with E-state index in [0.29, 0.717) is 0 Å². The van der Waals surface area contributed by atoms with E-state index in [1.807, 2.05) is 0 Å². The van der Waals surface area contributed by atoms with Crippen LogP contribution >= 0.6 is 0 Å². The molecule has 0 saturated heterocycles. The molecule has 3 unspecified atom stereocenters. The van der Waals surface area contributed by atoms with Crippen molar-refractivity contribution >= 4 is 5.69 Å². The van der Waals surface area contributed by atoms with Crippen molar-refractivity contribution in [3.05, 3.63) is 42.0 Å². The summed E-state index contributed by atoms with van der Waals surface area (Å²) in [4.78, 5) is 0. The number of benzene rings is 1. The van der Waals surface area contributed by atoms with Crippen LogP contribution in [0.15, 0.2) is 36.4 Å². The van der Waals surface area contributed by atoms with Crippen LogP contribution in [0.2, 0.25) is 0 Å². The number of anilines is 1. The summed E-state index contributed by atoms with van der Waals surface area (Å²) in [6.07, 6.45) is 7.63. The van der Waals surface area contributed by atoms with E-state index in [0.717, 1.165) is 24.3 Å². The molecule has 1 fully saturated rings. The van der Waals surface area contributed by atoms with Gasteiger partial charge in [-0.15, -0.1) is 0 Å². The number of para-hydroxylation sites is 1. The minimum absolute atomic E-state index is 0.849. The van der Waals surface area contributed by atoms with Gasteiger partial charge in [-0.1, -0.05) is 30.4 Å². The van der Waals surface area contributed by atoms with Gasteiger partial charge in [0.1, 0.15) is 0 Å². The maximum absolute atomic E-state index is 3.61. The highest BCUT2D eigenvalue weighted by atomic mass is 14.9. The zero-order chi connectivity index (χ0) is 11.0. The fourth-order valence-electron chi connectivity index (χ4n) is 3.14. The van der Waals surface area contributed by atoms with Gasteiger partial charge in [-0.05, 0) is 49.1 Å². The quantitative estimate of drug-likeness (QED) is 0.756. The Kier molecular flexibility index (Phi) is 2.47. The first-order valence-corrected chi connectivity index (χ1v) is 6.31. The maximum atomic E-state index is 3.61. The Hall–Kier alpha value is -1.24. The smallest absolute Gasteiger partial charge is 0.0369 e. The average Bonchev–Trinajstić information content (AvgIpc) is 2.90. The van der Waals surface area contributed by atoms with Gasteiger partial charge in [-0.3, -0.25) is 0 Å². The molecule has 1 saturated carbocycles. The minimum atomic E-state index is 0.849. The molecule has 1 nitrogen and oxygen atoms in total. The maximum Gasteiger partial charge on any atom is 0.0369 e. The van der Waals surface area contributed by atoms with Gasteiger partial charge >= 0.3 is 0 Å². The molecular weight excluding hydrogens is 194 g/mol. The highest BCUT2D eigenvalue weighted by molar-refractivity contribution is 5.50. The van der Waals surface area contributed by atoms with Gasteiger partial charge in [-0.25, -0.2) is 0 Å². The van der Waals surface area contributed by atoms with E-state index in [1.165, 1.54) is 24.1 Å². The van der Waals surface area contributed by atoms with Gasteiger partial charge in [0.2, 0.25) is 0 Å². The van der Waals surface area contributed by atoms with E-state index in [9.17, 15) is 0 Å². The van der Waals surface area contributed by atoms with Gasteiger partial charge in [0.25, 0.3) is 0 Å². The first-order chi connectivity index (χ1) is 7.83. The molecule has 2 aliphatic rings. The van der Waals surface area contributed by atoms with Gasteiger partial charge < -0.3 is 5.32 Å². The van der Waals surface area contributed by atoms with E-state index >= 15 is 0 Å². The molecule has 1 N–H and O–H groups in total. The lowest BCUT2D eigenvalue weighted by Gasteiger charge is -2.19. The summed E-state index contributed by atoms with van der Waals surface area (Å²) < 4.78 is 0. The van der Waals surface area contributed by atoms with Crippen molar-refractivity contribution in [3.8, 4) is 0 Å². The molecule has 3 atom stereocenters. The lowest BCUT2D eigenvalue weighted by atomic mass is 9.93. The van der Waals surface area contributed by atoms with Crippen LogP contribution in [0.5, 0.6) is 0 Å². The number of fused-ring (bicyclic) bond motifs is 2. The average molecular weight is 213 g/mol. The van der Waals surface area contributed by atoms with Crippen LogP contribution in [0.1, 0.15) is 18.4 Å². The van der Waals surface area contributed by atoms with E-state index < -0.39 is 0 Å². The normalized spacial score (nSPS) is 30.9. The second-order valence-electron chi connectivity index (χ2n) is 5.24. The van der Waals surface area contributed by atoms with Crippen LogP contribution in [0.25, 0.3) is 0 Å². The summed E-state index contributed by atoms with van der Waals surface area (Å²) in [5.74, 6) is 2.59. The highest BCUT2D eigenvalue weighted by Crippen LogP contribution is 2.43. The second-order valence-corrected chi connectivity index (χ2v) is 5.24. The molecule has 2 bridgehead atoms. The van der Waals surface area contributed by atoms with Crippen LogP contribution < -0.4 is 5.32 Å². The van der Waals surface area contributed by atoms with Gasteiger partial charge in [0, 0.05) is 12.2 Å². The highest BCUT2D eigenvalue weighted by Gasteiger charge is 2.35. The number of aryl methyl sites for hydroxylation is 1. The Labute approximate surface area is 97.6 Å².